The second-order valence-corrected chi connectivity index (χ2v) is 4.78. The highest BCUT2D eigenvalue weighted by Gasteiger charge is 2.15. The van der Waals surface area contributed by atoms with Crippen molar-refractivity contribution in [1.82, 2.24) is 9.97 Å². The number of hydrogen-bond acceptors (Lipinski definition) is 3. The van der Waals surface area contributed by atoms with Crippen LogP contribution < -0.4 is 0 Å². The zero-order valence-corrected chi connectivity index (χ0v) is 11.2. The lowest BCUT2D eigenvalue weighted by molar-refractivity contribution is 0.214. The molecule has 0 aliphatic carbocycles. The molecule has 0 amide bonds. The van der Waals surface area contributed by atoms with Gasteiger partial charge >= 0.3 is 0 Å². The molecule has 2 aromatic rings. The molecule has 2 rings (SSSR count). The molecule has 1 heterocycles. The van der Waals surface area contributed by atoms with Crippen LogP contribution in [-0.2, 0) is 0 Å². The van der Waals surface area contributed by atoms with Crippen LogP contribution in [0.1, 0.15) is 39.7 Å². The van der Waals surface area contributed by atoms with Gasteiger partial charge < -0.3 is 5.11 Å². The van der Waals surface area contributed by atoms with Gasteiger partial charge in [-0.25, -0.2) is 0 Å². The molecule has 94 valence electrons. The fraction of sp³-hybridized carbons (Fsp3) is 0.333. The van der Waals surface area contributed by atoms with E-state index in [1.54, 1.807) is 12.4 Å². The standard InChI is InChI=1S/C15H18N2O/c1-9-5-11(3)13(6-10(9)2)15(18)14-8-16-12(4)7-17-14/h5-8,15,18H,1-4H3. The average Bonchev–Trinajstić information content (AvgIpc) is 2.34. The van der Waals surface area contributed by atoms with E-state index in [0.29, 0.717) is 5.69 Å². The first-order chi connectivity index (χ1) is 8.49. The van der Waals surface area contributed by atoms with Crippen LogP contribution in [0.2, 0.25) is 0 Å². The van der Waals surface area contributed by atoms with Gasteiger partial charge in [0.25, 0.3) is 0 Å². The molecule has 0 saturated heterocycles. The Balaban J connectivity index is 2.42. The molecule has 18 heavy (non-hydrogen) atoms. The van der Waals surface area contributed by atoms with Crippen LogP contribution in [0.5, 0.6) is 0 Å². The number of aliphatic hydroxyl groups excluding tert-OH is 1. The van der Waals surface area contributed by atoms with Gasteiger partial charge in [-0.15, -0.1) is 0 Å². The van der Waals surface area contributed by atoms with E-state index < -0.39 is 6.10 Å². The monoisotopic (exact) mass is 242 g/mol. The Morgan fingerprint density at radius 3 is 2.17 bits per heavy atom. The fourth-order valence-electron chi connectivity index (χ4n) is 1.98. The molecule has 0 bridgehead atoms. The number of benzene rings is 1. The third-order valence-electron chi connectivity index (χ3n) is 3.26. The van der Waals surface area contributed by atoms with E-state index in [2.05, 4.69) is 23.0 Å². The van der Waals surface area contributed by atoms with Crippen molar-refractivity contribution in [2.45, 2.75) is 33.8 Å². The summed E-state index contributed by atoms with van der Waals surface area (Å²) in [5.74, 6) is 0. The van der Waals surface area contributed by atoms with Crippen molar-refractivity contribution < 1.29 is 5.11 Å². The molecule has 3 heteroatoms. The zero-order chi connectivity index (χ0) is 13.3. The second kappa shape index (κ2) is 4.86. The summed E-state index contributed by atoms with van der Waals surface area (Å²) in [5, 5.41) is 10.4. The summed E-state index contributed by atoms with van der Waals surface area (Å²) >= 11 is 0. The van der Waals surface area contributed by atoms with Crippen molar-refractivity contribution in [3.05, 3.63) is 58.2 Å². The van der Waals surface area contributed by atoms with Crippen LogP contribution >= 0.6 is 0 Å². The van der Waals surface area contributed by atoms with Gasteiger partial charge in [-0.05, 0) is 49.9 Å². The van der Waals surface area contributed by atoms with Crippen molar-refractivity contribution in [1.29, 1.82) is 0 Å². The van der Waals surface area contributed by atoms with Crippen LogP contribution in [0.15, 0.2) is 24.5 Å². The third-order valence-corrected chi connectivity index (χ3v) is 3.26. The van der Waals surface area contributed by atoms with Crippen molar-refractivity contribution in [2.75, 3.05) is 0 Å². The van der Waals surface area contributed by atoms with E-state index in [9.17, 15) is 5.11 Å². The minimum atomic E-state index is -0.711. The molecular formula is C15H18N2O. The minimum absolute atomic E-state index is 0.590. The van der Waals surface area contributed by atoms with Gasteiger partial charge in [0.1, 0.15) is 6.10 Å². The van der Waals surface area contributed by atoms with Crippen molar-refractivity contribution in [3.63, 3.8) is 0 Å². The molecule has 1 atom stereocenters. The molecule has 3 nitrogen and oxygen atoms in total. The molecule has 0 saturated carbocycles. The van der Waals surface area contributed by atoms with Gasteiger partial charge in [-0.2, -0.15) is 0 Å². The SMILES string of the molecule is Cc1cnc(C(O)c2cc(C)c(C)cc2C)cn1. The normalized spacial score (nSPS) is 12.5. The fourth-order valence-corrected chi connectivity index (χ4v) is 1.98. The summed E-state index contributed by atoms with van der Waals surface area (Å²) in [6.07, 6.45) is 2.60. The summed E-state index contributed by atoms with van der Waals surface area (Å²) in [6, 6.07) is 4.12. The smallest absolute Gasteiger partial charge is 0.123 e. The number of hydrogen-bond donors (Lipinski definition) is 1. The third kappa shape index (κ3) is 2.41. The van der Waals surface area contributed by atoms with E-state index in [-0.39, 0.29) is 0 Å². The topological polar surface area (TPSA) is 46.0 Å². The van der Waals surface area contributed by atoms with Crippen LogP contribution in [0.3, 0.4) is 0 Å². The van der Waals surface area contributed by atoms with E-state index in [4.69, 9.17) is 0 Å². The second-order valence-electron chi connectivity index (χ2n) is 4.78. The van der Waals surface area contributed by atoms with E-state index in [1.807, 2.05) is 26.8 Å². The molecule has 0 fully saturated rings. The highest BCUT2D eigenvalue weighted by atomic mass is 16.3. The number of aryl methyl sites for hydroxylation is 4. The Hall–Kier alpha value is -1.74. The molecule has 0 aliphatic rings. The number of rotatable bonds is 2. The zero-order valence-electron chi connectivity index (χ0n) is 11.2. The highest BCUT2D eigenvalue weighted by Crippen LogP contribution is 2.25. The number of aliphatic hydroxyl groups is 1. The molecule has 0 spiro atoms. The lowest BCUT2D eigenvalue weighted by Crippen LogP contribution is -2.06. The van der Waals surface area contributed by atoms with Crippen LogP contribution in [0, 0.1) is 27.7 Å². The Morgan fingerprint density at radius 1 is 0.889 bits per heavy atom. The maximum Gasteiger partial charge on any atom is 0.123 e. The molecule has 1 unspecified atom stereocenters. The van der Waals surface area contributed by atoms with Crippen molar-refractivity contribution in [3.8, 4) is 0 Å². The minimum Gasteiger partial charge on any atom is -0.382 e. The Morgan fingerprint density at radius 2 is 1.56 bits per heavy atom. The van der Waals surface area contributed by atoms with Crippen molar-refractivity contribution in [2.24, 2.45) is 0 Å². The lowest BCUT2D eigenvalue weighted by Gasteiger charge is -2.15. The largest absolute Gasteiger partial charge is 0.382 e. The number of nitrogens with zero attached hydrogens (tertiary/aromatic N) is 2. The molecular weight excluding hydrogens is 224 g/mol. The van der Waals surface area contributed by atoms with E-state index in [0.717, 1.165) is 16.8 Å². The Labute approximate surface area is 108 Å². The highest BCUT2D eigenvalue weighted by molar-refractivity contribution is 5.39. The summed E-state index contributed by atoms with van der Waals surface area (Å²) in [4.78, 5) is 8.41. The van der Waals surface area contributed by atoms with Crippen LogP contribution in [0.25, 0.3) is 0 Å². The summed E-state index contributed by atoms with van der Waals surface area (Å²) in [7, 11) is 0. The summed E-state index contributed by atoms with van der Waals surface area (Å²) in [6.45, 7) is 8.01. The molecule has 1 N–H and O–H groups in total. The Bertz CT molecular complexity index is 561. The maximum absolute atomic E-state index is 10.4. The predicted octanol–water partition coefficient (Wildman–Crippen LogP) is 2.79. The first-order valence-electron chi connectivity index (χ1n) is 6.03. The predicted molar refractivity (Wildman–Crippen MR) is 71.5 cm³/mol. The van der Waals surface area contributed by atoms with Gasteiger partial charge in [0.2, 0.25) is 0 Å². The average molecular weight is 242 g/mol. The van der Waals surface area contributed by atoms with Gasteiger partial charge in [-0.1, -0.05) is 12.1 Å². The molecule has 1 aromatic heterocycles. The quantitative estimate of drug-likeness (QED) is 0.880. The maximum atomic E-state index is 10.4. The van der Waals surface area contributed by atoms with Gasteiger partial charge in [-0.3, -0.25) is 9.97 Å². The lowest BCUT2D eigenvalue weighted by atomic mass is 9.96. The molecule has 1 aromatic carbocycles. The van der Waals surface area contributed by atoms with Gasteiger partial charge in [0, 0.05) is 6.20 Å². The summed E-state index contributed by atoms with van der Waals surface area (Å²) in [5.41, 5.74) is 5.83. The number of aromatic nitrogens is 2. The van der Waals surface area contributed by atoms with Crippen molar-refractivity contribution >= 4 is 0 Å². The van der Waals surface area contributed by atoms with Crippen LogP contribution in [-0.4, -0.2) is 15.1 Å². The van der Waals surface area contributed by atoms with Gasteiger partial charge in [0.05, 0.1) is 17.6 Å². The van der Waals surface area contributed by atoms with E-state index in [1.165, 1.54) is 11.1 Å². The molecule has 0 aliphatic heterocycles. The first-order valence-corrected chi connectivity index (χ1v) is 6.03. The van der Waals surface area contributed by atoms with E-state index >= 15 is 0 Å². The van der Waals surface area contributed by atoms with Gasteiger partial charge in [0.15, 0.2) is 0 Å². The summed E-state index contributed by atoms with van der Waals surface area (Å²) < 4.78 is 0. The Kier molecular flexibility index (Phi) is 3.43. The first kappa shape index (κ1) is 12.7. The van der Waals surface area contributed by atoms with Crippen LogP contribution in [0.4, 0.5) is 0 Å². The molecule has 0 radical (unpaired) electrons.